The van der Waals surface area contributed by atoms with Crippen LogP contribution >= 0.6 is 11.8 Å². The van der Waals surface area contributed by atoms with Crippen molar-refractivity contribution < 1.29 is 4.79 Å². The van der Waals surface area contributed by atoms with Crippen LogP contribution in [-0.4, -0.2) is 40.4 Å². The van der Waals surface area contributed by atoms with Crippen LogP contribution in [0.15, 0.2) is 18.3 Å². The summed E-state index contributed by atoms with van der Waals surface area (Å²) in [6.07, 6.45) is 2.66. The molecule has 0 saturated carbocycles. The minimum Gasteiger partial charge on any atom is -0.338 e. The van der Waals surface area contributed by atoms with Gasteiger partial charge in [0.1, 0.15) is 0 Å². The van der Waals surface area contributed by atoms with Gasteiger partial charge in [-0.05, 0) is 24.3 Å². The maximum atomic E-state index is 12.3. The average molecular weight is 252 g/mol. The molecular weight excluding hydrogens is 236 g/mol. The molecule has 1 aromatic heterocycles. The number of thioether (sulfide) groups is 1. The van der Waals surface area contributed by atoms with Crippen molar-refractivity contribution in [3.8, 4) is 0 Å². The molecule has 1 aliphatic heterocycles. The summed E-state index contributed by atoms with van der Waals surface area (Å²) in [5.41, 5.74) is 3.01. The Morgan fingerprint density at radius 3 is 3.18 bits per heavy atom. The van der Waals surface area contributed by atoms with E-state index in [9.17, 15) is 4.79 Å². The predicted octanol–water partition coefficient (Wildman–Crippen LogP) is 0.946. The number of rotatable bonds is 2. The summed E-state index contributed by atoms with van der Waals surface area (Å²) in [7, 11) is 0. The number of hydrazine groups is 1. The van der Waals surface area contributed by atoms with Crippen molar-refractivity contribution in [3.63, 3.8) is 0 Å². The number of hydrogen-bond acceptors (Lipinski definition) is 5. The van der Waals surface area contributed by atoms with Gasteiger partial charge in [0.05, 0.1) is 5.56 Å². The van der Waals surface area contributed by atoms with Gasteiger partial charge >= 0.3 is 0 Å². The molecular formula is C11H16N4OS. The third-order valence-corrected chi connectivity index (χ3v) is 3.73. The fraction of sp³-hybridized carbons (Fsp3) is 0.455. The van der Waals surface area contributed by atoms with Gasteiger partial charge in [0.15, 0.2) is 5.82 Å². The molecule has 2 heterocycles. The number of carbonyl (C=O) groups excluding carboxylic acids is 1. The number of nitrogen functional groups attached to an aromatic ring is 1. The lowest BCUT2D eigenvalue weighted by Crippen LogP contribution is -2.33. The van der Waals surface area contributed by atoms with E-state index >= 15 is 0 Å². The fourth-order valence-electron chi connectivity index (χ4n) is 1.81. The minimum atomic E-state index is 0.00792. The van der Waals surface area contributed by atoms with Crippen LogP contribution < -0.4 is 11.3 Å². The van der Waals surface area contributed by atoms with Crippen LogP contribution in [0.3, 0.4) is 0 Å². The maximum Gasteiger partial charge on any atom is 0.257 e. The molecule has 1 aliphatic rings. The second kappa shape index (κ2) is 5.88. The van der Waals surface area contributed by atoms with Crippen LogP contribution in [0, 0.1) is 0 Å². The van der Waals surface area contributed by atoms with Crippen LogP contribution in [0.4, 0.5) is 5.82 Å². The summed E-state index contributed by atoms with van der Waals surface area (Å²) in [6, 6.07) is 3.50. The van der Waals surface area contributed by atoms with Gasteiger partial charge in [-0.1, -0.05) is 0 Å². The van der Waals surface area contributed by atoms with Gasteiger partial charge in [0, 0.05) is 25.0 Å². The molecule has 92 valence electrons. The summed E-state index contributed by atoms with van der Waals surface area (Å²) >= 11 is 1.89. The van der Waals surface area contributed by atoms with E-state index in [4.69, 9.17) is 5.84 Å². The molecule has 2 rings (SSSR count). The normalized spacial score (nSPS) is 16.4. The number of aromatic nitrogens is 1. The van der Waals surface area contributed by atoms with Crippen molar-refractivity contribution in [2.75, 3.05) is 30.0 Å². The van der Waals surface area contributed by atoms with Gasteiger partial charge < -0.3 is 10.3 Å². The summed E-state index contributed by atoms with van der Waals surface area (Å²) in [5.74, 6) is 7.93. The highest BCUT2D eigenvalue weighted by molar-refractivity contribution is 7.99. The van der Waals surface area contributed by atoms with E-state index in [1.54, 1.807) is 18.3 Å². The molecule has 17 heavy (non-hydrogen) atoms. The topological polar surface area (TPSA) is 71.2 Å². The Labute approximate surface area is 105 Å². The molecule has 0 atom stereocenters. The van der Waals surface area contributed by atoms with Crippen molar-refractivity contribution >= 4 is 23.5 Å². The number of nitrogens with zero attached hydrogens (tertiary/aromatic N) is 2. The summed E-state index contributed by atoms with van der Waals surface area (Å²) in [4.78, 5) is 18.2. The van der Waals surface area contributed by atoms with E-state index < -0.39 is 0 Å². The standard InChI is InChI=1S/C11H16N4OS/c12-14-10-9(3-1-4-13-10)11(16)15-5-2-7-17-8-6-15/h1,3-4H,2,5-8,12H2,(H,13,14). The van der Waals surface area contributed by atoms with E-state index in [2.05, 4.69) is 10.4 Å². The number of pyridine rings is 1. The number of amides is 1. The zero-order valence-corrected chi connectivity index (χ0v) is 10.4. The monoisotopic (exact) mass is 252 g/mol. The predicted molar refractivity (Wildman–Crippen MR) is 69.9 cm³/mol. The first-order valence-electron chi connectivity index (χ1n) is 5.61. The second-order valence-corrected chi connectivity index (χ2v) is 5.03. The highest BCUT2D eigenvalue weighted by Gasteiger charge is 2.20. The Morgan fingerprint density at radius 2 is 2.35 bits per heavy atom. The highest BCUT2D eigenvalue weighted by atomic mass is 32.2. The molecule has 1 saturated heterocycles. The van der Waals surface area contributed by atoms with Crippen LogP contribution in [0.1, 0.15) is 16.8 Å². The lowest BCUT2D eigenvalue weighted by molar-refractivity contribution is 0.0769. The first kappa shape index (κ1) is 12.2. The molecule has 1 fully saturated rings. The molecule has 5 nitrogen and oxygen atoms in total. The van der Waals surface area contributed by atoms with E-state index in [0.717, 1.165) is 31.0 Å². The third-order valence-electron chi connectivity index (χ3n) is 2.68. The van der Waals surface area contributed by atoms with Crippen molar-refractivity contribution in [2.45, 2.75) is 6.42 Å². The molecule has 0 unspecified atom stereocenters. The fourth-order valence-corrected chi connectivity index (χ4v) is 2.70. The molecule has 6 heteroatoms. The molecule has 1 amide bonds. The maximum absolute atomic E-state index is 12.3. The minimum absolute atomic E-state index is 0.00792. The number of anilines is 1. The van der Waals surface area contributed by atoms with Crippen LogP contribution in [0.2, 0.25) is 0 Å². The number of hydrogen-bond donors (Lipinski definition) is 2. The Morgan fingerprint density at radius 1 is 1.47 bits per heavy atom. The summed E-state index contributed by atoms with van der Waals surface area (Å²) in [6.45, 7) is 1.60. The first-order chi connectivity index (χ1) is 8.33. The van der Waals surface area contributed by atoms with Crippen LogP contribution in [0.25, 0.3) is 0 Å². The zero-order valence-electron chi connectivity index (χ0n) is 9.56. The number of nitrogens with one attached hydrogen (secondary N) is 1. The van der Waals surface area contributed by atoms with E-state index in [0.29, 0.717) is 11.4 Å². The van der Waals surface area contributed by atoms with E-state index in [1.807, 2.05) is 16.7 Å². The number of carbonyl (C=O) groups is 1. The largest absolute Gasteiger partial charge is 0.338 e. The molecule has 0 bridgehead atoms. The Balaban J connectivity index is 2.17. The van der Waals surface area contributed by atoms with Crippen molar-refractivity contribution in [3.05, 3.63) is 23.9 Å². The molecule has 0 spiro atoms. The second-order valence-electron chi connectivity index (χ2n) is 3.80. The molecule has 0 aromatic carbocycles. The zero-order chi connectivity index (χ0) is 12.1. The first-order valence-corrected chi connectivity index (χ1v) is 6.77. The molecule has 1 aromatic rings. The van der Waals surface area contributed by atoms with Crippen LogP contribution in [0.5, 0.6) is 0 Å². The Hall–Kier alpha value is -1.27. The quantitative estimate of drug-likeness (QED) is 0.605. The van der Waals surface area contributed by atoms with Crippen LogP contribution in [-0.2, 0) is 0 Å². The molecule has 3 N–H and O–H groups in total. The smallest absolute Gasteiger partial charge is 0.257 e. The van der Waals surface area contributed by atoms with E-state index in [-0.39, 0.29) is 5.91 Å². The highest BCUT2D eigenvalue weighted by Crippen LogP contribution is 2.16. The SMILES string of the molecule is NNc1ncccc1C(=O)N1CCCSCC1. The summed E-state index contributed by atoms with van der Waals surface area (Å²) in [5, 5.41) is 0. The summed E-state index contributed by atoms with van der Waals surface area (Å²) < 4.78 is 0. The lowest BCUT2D eigenvalue weighted by Gasteiger charge is -2.20. The lowest BCUT2D eigenvalue weighted by atomic mass is 10.2. The van der Waals surface area contributed by atoms with Gasteiger partial charge in [0.25, 0.3) is 5.91 Å². The molecule has 0 radical (unpaired) electrons. The van der Waals surface area contributed by atoms with Gasteiger partial charge in [-0.3, -0.25) is 4.79 Å². The average Bonchev–Trinajstić information content (AvgIpc) is 2.66. The van der Waals surface area contributed by atoms with Gasteiger partial charge in [-0.2, -0.15) is 11.8 Å². The van der Waals surface area contributed by atoms with E-state index in [1.165, 1.54) is 0 Å². The van der Waals surface area contributed by atoms with Crippen molar-refractivity contribution in [1.29, 1.82) is 0 Å². The van der Waals surface area contributed by atoms with Gasteiger partial charge in [0.2, 0.25) is 0 Å². The van der Waals surface area contributed by atoms with Crippen molar-refractivity contribution in [1.82, 2.24) is 9.88 Å². The Bertz CT molecular complexity index is 391. The van der Waals surface area contributed by atoms with Gasteiger partial charge in [-0.15, -0.1) is 0 Å². The number of nitrogens with two attached hydrogens (primary N) is 1. The van der Waals surface area contributed by atoms with Crippen molar-refractivity contribution in [2.24, 2.45) is 5.84 Å². The van der Waals surface area contributed by atoms with Gasteiger partial charge in [-0.25, -0.2) is 10.8 Å². The Kier molecular flexibility index (Phi) is 4.22. The molecule has 0 aliphatic carbocycles. The third kappa shape index (κ3) is 2.89.